The van der Waals surface area contributed by atoms with Crippen LogP contribution in [0.25, 0.3) is 27.8 Å². The molecule has 0 bridgehead atoms. The summed E-state index contributed by atoms with van der Waals surface area (Å²) in [5.74, 6) is 0.715. The Kier molecular flexibility index (Phi) is 5.05. The number of benzene rings is 3. The van der Waals surface area contributed by atoms with Gasteiger partial charge in [0.2, 0.25) is 0 Å². The molecular formula is C28H23ClN4O3. The second-order valence-corrected chi connectivity index (χ2v) is 9.31. The van der Waals surface area contributed by atoms with Crippen molar-refractivity contribution >= 4 is 28.2 Å². The zero-order chi connectivity index (χ0) is 25.1. The quantitative estimate of drug-likeness (QED) is 0.385. The van der Waals surface area contributed by atoms with Gasteiger partial charge in [0.05, 0.1) is 46.8 Å². The van der Waals surface area contributed by atoms with Crippen LogP contribution >= 0.6 is 11.6 Å². The van der Waals surface area contributed by atoms with E-state index in [1.54, 1.807) is 18.7 Å². The van der Waals surface area contributed by atoms with Crippen molar-refractivity contribution < 1.29 is 4.74 Å². The first kappa shape index (κ1) is 22.2. The molecule has 5 aromatic rings. The van der Waals surface area contributed by atoms with E-state index in [4.69, 9.17) is 16.3 Å². The Balaban J connectivity index is 1.84. The highest BCUT2D eigenvalue weighted by molar-refractivity contribution is 6.30. The van der Waals surface area contributed by atoms with Crippen LogP contribution in [0.5, 0.6) is 5.75 Å². The molecule has 6 rings (SSSR count). The minimum absolute atomic E-state index is 0.344. The van der Waals surface area contributed by atoms with Gasteiger partial charge < -0.3 is 14.6 Å². The molecule has 3 aromatic carbocycles. The number of nitrogens with one attached hydrogen (secondary N) is 1. The van der Waals surface area contributed by atoms with Crippen LogP contribution in [-0.2, 0) is 14.1 Å². The minimum Gasteiger partial charge on any atom is -0.497 e. The van der Waals surface area contributed by atoms with Crippen molar-refractivity contribution in [2.24, 2.45) is 14.1 Å². The van der Waals surface area contributed by atoms with Crippen LogP contribution in [0.2, 0.25) is 5.02 Å². The zero-order valence-electron chi connectivity index (χ0n) is 19.9. The molecule has 1 aliphatic rings. The molecule has 0 fully saturated rings. The Bertz CT molecular complexity index is 1780. The molecule has 0 unspecified atom stereocenters. The number of nitrogens with zero attached hydrogens (tertiary/aromatic N) is 3. The van der Waals surface area contributed by atoms with E-state index in [1.165, 1.54) is 7.05 Å². The number of rotatable bonds is 3. The number of fused-ring (bicyclic) bond motifs is 5. The molecule has 0 aliphatic carbocycles. The van der Waals surface area contributed by atoms with Crippen LogP contribution in [0.15, 0.2) is 82.4 Å². The third-order valence-electron chi connectivity index (χ3n) is 6.87. The largest absolute Gasteiger partial charge is 0.497 e. The van der Waals surface area contributed by atoms with Gasteiger partial charge in [-0.25, -0.2) is 4.79 Å². The summed E-state index contributed by atoms with van der Waals surface area (Å²) in [6, 6.07) is 22.8. The maximum Gasteiger partial charge on any atom is 0.331 e. The van der Waals surface area contributed by atoms with Gasteiger partial charge in [-0.2, -0.15) is 0 Å². The van der Waals surface area contributed by atoms with Crippen LogP contribution in [-0.4, -0.2) is 20.8 Å². The lowest BCUT2D eigenvalue weighted by atomic mass is 9.99. The standard InChI is InChI=1S/C28H23ClN4O3/c1-31-25-22(27(34)32(2)28(31)35)24(16-11-13-19(36-3)14-12-16)33-21-10-5-4-9-20(21)30-23(26(25)33)17-7-6-8-18(29)15-17/h4-15,23,30H,1-3H3/t23-/m0/s1. The molecular weight excluding hydrogens is 476 g/mol. The Morgan fingerprint density at radius 3 is 2.39 bits per heavy atom. The van der Waals surface area contributed by atoms with Crippen molar-refractivity contribution in [2.75, 3.05) is 12.4 Å². The topological polar surface area (TPSA) is 70.2 Å². The summed E-state index contributed by atoms with van der Waals surface area (Å²) in [6.07, 6.45) is 0. The number of halogens is 1. The molecule has 0 amide bonds. The smallest absolute Gasteiger partial charge is 0.331 e. The van der Waals surface area contributed by atoms with Gasteiger partial charge in [0.15, 0.2) is 0 Å². The molecule has 180 valence electrons. The SMILES string of the molecule is COc1ccc(-c2c3c(=O)n(C)c(=O)n(C)c3c3n2-c2ccccc2N[C@H]3c2cccc(Cl)c2)cc1. The highest BCUT2D eigenvalue weighted by Gasteiger charge is 2.34. The van der Waals surface area contributed by atoms with E-state index >= 15 is 0 Å². The molecule has 36 heavy (non-hydrogen) atoms. The Labute approximate surface area is 211 Å². The lowest BCUT2D eigenvalue weighted by Gasteiger charge is -2.31. The summed E-state index contributed by atoms with van der Waals surface area (Å²) < 4.78 is 10.2. The minimum atomic E-state index is -0.383. The average molecular weight is 499 g/mol. The average Bonchev–Trinajstić information content (AvgIpc) is 3.27. The fourth-order valence-electron chi connectivity index (χ4n) is 5.18. The van der Waals surface area contributed by atoms with E-state index in [-0.39, 0.29) is 17.3 Å². The van der Waals surface area contributed by atoms with Gasteiger partial charge in [-0.15, -0.1) is 0 Å². The number of aromatic nitrogens is 3. The van der Waals surface area contributed by atoms with E-state index < -0.39 is 0 Å². The van der Waals surface area contributed by atoms with Gasteiger partial charge in [0, 0.05) is 19.1 Å². The van der Waals surface area contributed by atoms with Crippen molar-refractivity contribution in [3.05, 3.63) is 110 Å². The van der Waals surface area contributed by atoms with Crippen molar-refractivity contribution in [2.45, 2.75) is 6.04 Å². The number of para-hydroxylation sites is 2. The Hall–Kier alpha value is -4.23. The molecule has 0 radical (unpaired) electrons. The maximum absolute atomic E-state index is 13.7. The molecule has 0 saturated heterocycles. The predicted octanol–water partition coefficient (Wildman–Crippen LogP) is 4.87. The Morgan fingerprint density at radius 2 is 1.67 bits per heavy atom. The maximum atomic E-state index is 13.7. The lowest BCUT2D eigenvalue weighted by Crippen LogP contribution is -2.37. The summed E-state index contributed by atoms with van der Waals surface area (Å²) in [4.78, 5) is 26.8. The van der Waals surface area contributed by atoms with Crippen LogP contribution in [0.1, 0.15) is 17.3 Å². The molecule has 0 saturated carbocycles. The van der Waals surface area contributed by atoms with Crippen LogP contribution < -0.4 is 21.3 Å². The first-order valence-corrected chi connectivity index (χ1v) is 11.9. The molecule has 3 heterocycles. The second kappa shape index (κ2) is 8.17. The van der Waals surface area contributed by atoms with Gasteiger partial charge in [-0.1, -0.05) is 35.9 Å². The summed E-state index contributed by atoms with van der Waals surface area (Å²) in [6.45, 7) is 0. The first-order chi connectivity index (χ1) is 17.4. The van der Waals surface area contributed by atoms with Gasteiger partial charge in [-0.05, 0) is 59.7 Å². The predicted molar refractivity (Wildman–Crippen MR) is 143 cm³/mol. The summed E-state index contributed by atoms with van der Waals surface area (Å²) in [5.41, 5.74) is 4.94. The molecule has 1 N–H and O–H groups in total. The van der Waals surface area contributed by atoms with E-state index in [0.717, 1.165) is 38.5 Å². The molecule has 1 aliphatic heterocycles. The van der Waals surface area contributed by atoms with E-state index in [1.807, 2.05) is 72.8 Å². The van der Waals surface area contributed by atoms with E-state index in [9.17, 15) is 9.59 Å². The summed E-state index contributed by atoms with van der Waals surface area (Å²) in [5, 5.41) is 4.71. The van der Waals surface area contributed by atoms with E-state index in [2.05, 4.69) is 9.88 Å². The fourth-order valence-corrected chi connectivity index (χ4v) is 5.37. The third kappa shape index (κ3) is 3.13. The molecule has 2 aromatic heterocycles. The van der Waals surface area contributed by atoms with Crippen molar-refractivity contribution in [3.63, 3.8) is 0 Å². The van der Waals surface area contributed by atoms with Gasteiger partial charge in [0.25, 0.3) is 5.56 Å². The van der Waals surface area contributed by atoms with Crippen molar-refractivity contribution in [1.82, 2.24) is 13.7 Å². The fraction of sp³-hybridized carbons (Fsp3) is 0.143. The molecule has 8 heteroatoms. The lowest BCUT2D eigenvalue weighted by molar-refractivity contribution is 0.415. The van der Waals surface area contributed by atoms with Crippen molar-refractivity contribution in [1.29, 1.82) is 0 Å². The van der Waals surface area contributed by atoms with Crippen LogP contribution in [0, 0.1) is 0 Å². The number of ether oxygens (including phenoxy) is 1. The van der Waals surface area contributed by atoms with Gasteiger partial charge in [-0.3, -0.25) is 13.9 Å². The highest BCUT2D eigenvalue weighted by atomic mass is 35.5. The summed E-state index contributed by atoms with van der Waals surface area (Å²) in [7, 11) is 4.84. The van der Waals surface area contributed by atoms with Gasteiger partial charge in [0.1, 0.15) is 5.75 Å². The van der Waals surface area contributed by atoms with Crippen molar-refractivity contribution in [3.8, 4) is 22.7 Å². The van der Waals surface area contributed by atoms with Crippen LogP contribution in [0.4, 0.5) is 5.69 Å². The van der Waals surface area contributed by atoms with Crippen LogP contribution in [0.3, 0.4) is 0 Å². The van der Waals surface area contributed by atoms with Gasteiger partial charge >= 0.3 is 5.69 Å². The number of hydrogen-bond acceptors (Lipinski definition) is 4. The second-order valence-electron chi connectivity index (χ2n) is 8.88. The first-order valence-electron chi connectivity index (χ1n) is 11.5. The van der Waals surface area contributed by atoms with E-state index in [0.29, 0.717) is 21.7 Å². The molecule has 1 atom stereocenters. The molecule has 7 nitrogen and oxygen atoms in total. The third-order valence-corrected chi connectivity index (χ3v) is 7.11. The molecule has 0 spiro atoms. The number of hydrogen-bond donors (Lipinski definition) is 1. The highest BCUT2D eigenvalue weighted by Crippen LogP contribution is 2.45. The zero-order valence-corrected chi connectivity index (χ0v) is 20.7. The number of aryl methyl sites for hydroxylation is 1. The Morgan fingerprint density at radius 1 is 0.917 bits per heavy atom. The summed E-state index contributed by atoms with van der Waals surface area (Å²) >= 11 is 6.39. The monoisotopic (exact) mass is 498 g/mol. The number of anilines is 1. The number of methoxy groups -OCH3 is 1. The normalized spacial score (nSPS) is 14.3.